The molecular weight excluding hydrogens is 170 g/mol. The number of hydrogen-bond donors (Lipinski definition) is 1. The summed E-state index contributed by atoms with van der Waals surface area (Å²) in [6.45, 7) is 4.69. The third kappa shape index (κ3) is 1.46. The summed E-state index contributed by atoms with van der Waals surface area (Å²) in [7, 11) is 2.06. The van der Waals surface area contributed by atoms with Crippen LogP contribution in [0, 0.1) is 0 Å². The van der Waals surface area contributed by atoms with E-state index in [0.717, 1.165) is 0 Å². The summed E-state index contributed by atoms with van der Waals surface area (Å²) in [5.41, 5.74) is 3.36. The second-order valence-corrected chi connectivity index (χ2v) is 4.85. The van der Waals surface area contributed by atoms with E-state index >= 15 is 0 Å². The molecule has 0 aliphatic heterocycles. The number of fused-ring (bicyclic) bond motifs is 1. The summed E-state index contributed by atoms with van der Waals surface area (Å²) in [5, 5.41) is 3.40. The molecule has 1 aliphatic carbocycles. The van der Waals surface area contributed by atoms with Crippen LogP contribution in [0.25, 0.3) is 0 Å². The second-order valence-electron chi connectivity index (χ2n) is 4.85. The maximum absolute atomic E-state index is 3.40. The van der Waals surface area contributed by atoms with Crippen LogP contribution in [0.3, 0.4) is 0 Å². The lowest BCUT2D eigenvalue weighted by molar-refractivity contribution is 0.371. The first-order valence-corrected chi connectivity index (χ1v) is 5.42. The molecular formula is C13H19N. The van der Waals surface area contributed by atoms with E-state index in [1.54, 1.807) is 0 Å². The van der Waals surface area contributed by atoms with Crippen molar-refractivity contribution in [2.75, 3.05) is 7.05 Å². The molecule has 1 N–H and O–H groups in total. The van der Waals surface area contributed by atoms with Crippen LogP contribution in [-0.4, -0.2) is 7.05 Å². The summed E-state index contributed by atoms with van der Waals surface area (Å²) in [6.07, 6.45) is 2.52. The van der Waals surface area contributed by atoms with Crippen molar-refractivity contribution in [2.24, 2.45) is 0 Å². The third-order valence-corrected chi connectivity index (χ3v) is 3.47. The predicted octanol–water partition coefficient (Wildman–Crippen LogP) is 3.02. The summed E-state index contributed by atoms with van der Waals surface area (Å²) >= 11 is 0. The largest absolute Gasteiger partial charge is 0.313 e. The van der Waals surface area contributed by atoms with E-state index in [-0.39, 0.29) is 0 Å². The summed E-state index contributed by atoms with van der Waals surface area (Å²) < 4.78 is 0. The van der Waals surface area contributed by atoms with E-state index < -0.39 is 0 Å². The summed E-state index contributed by atoms with van der Waals surface area (Å²) in [6, 6.07) is 9.39. The Bertz CT molecular complexity index is 328. The van der Waals surface area contributed by atoms with Crippen LogP contribution in [0.2, 0.25) is 0 Å². The maximum atomic E-state index is 3.40. The predicted molar refractivity (Wildman–Crippen MR) is 60.5 cm³/mol. The lowest BCUT2D eigenvalue weighted by Crippen LogP contribution is -2.30. The second kappa shape index (κ2) is 3.39. The Balaban J connectivity index is 2.49. The number of nitrogens with one attached hydrogen (secondary N) is 1. The topological polar surface area (TPSA) is 12.0 Å². The van der Waals surface area contributed by atoms with Crippen LogP contribution in [0.15, 0.2) is 24.3 Å². The molecule has 1 heteroatoms. The molecule has 0 saturated carbocycles. The van der Waals surface area contributed by atoms with E-state index in [2.05, 4.69) is 50.5 Å². The first kappa shape index (κ1) is 9.72. The lowest BCUT2D eigenvalue weighted by Gasteiger charge is -2.37. The molecule has 0 radical (unpaired) electrons. The van der Waals surface area contributed by atoms with Crippen LogP contribution < -0.4 is 5.32 Å². The van der Waals surface area contributed by atoms with Gasteiger partial charge in [-0.25, -0.2) is 0 Å². The van der Waals surface area contributed by atoms with Gasteiger partial charge in [0, 0.05) is 6.04 Å². The van der Waals surface area contributed by atoms with Gasteiger partial charge in [0.1, 0.15) is 0 Å². The number of benzene rings is 1. The van der Waals surface area contributed by atoms with Crippen molar-refractivity contribution in [1.82, 2.24) is 5.32 Å². The molecule has 0 fully saturated rings. The molecule has 0 saturated heterocycles. The van der Waals surface area contributed by atoms with Gasteiger partial charge in [0.25, 0.3) is 0 Å². The monoisotopic (exact) mass is 189 g/mol. The van der Waals surface area contributed by atoms with Crippen molar-refractivity contribution in [3.8, 4) is 0 Å². The average Bonchev–Trinajstić information content (AvgIpc) is 2.18. The number of hydrogen-bond acceptors (Lipinski definition) is 1. The molecule has 1 atom stereocenters. The van der Waals surface area contributed by atoms with Gasteiger partial charge in [-0.05, 0) is 36.4 Å². The van der Waals surface area contributed by atoms with Crippen molar-refractivity contribution >= 4 is 0 Å². The summed E-state index contributed by atoms with van der Waals surface area (Å²) in [4.78, 5) is 0. The maximum Gasteiger partial charge on any atom is 0.0320 e. The minimum absolute atomic E-state index is 0.351. The molecule has 0 amide bonds. The molecule has 1 aromatic carbocycles. The fourth-order valence-corrected chi connectivity index (χ4v) is 2.51. The molecule has 0 aromatic heterocycles. The highest BCUT2D eigenvalue weighted by Gasteiger charge is 2.31. The smallest absolute Gasteiger partial charge is 0.0320 e. The van der Waals surface area contributed by atoms with Gasteiger partial charge in [-0.15, -0.1) is 0 Å². The Labute approximate surface area is 86.5 Å². The van der Waals surface area contributed by atoms with Crippen LogP contribution in [0.4, 0.5) is 0 Å². The Morgan fingerprint density at radius 2 is 2.00 bits per heavy atom. The Hall–Kier alpha value is -0.820. The van der Waals surface area contributed by atoms with E-state index in [1.807, 2.05) is 0 Å². The fourth-order valence-electron chi connectivity index (χ4n) is 2.51. The standard InChI is InChI=1S/C13H19N/c1-13(2)9-8-12(14-3)10-6-4-5-7-11(10)13/h4-7,12,14H,8-9H2,1-3H3. The van der Waals surface area contributed by atoms with E-state index in [0.29, 0.717) is 11.5 Å². The van der Waals surface area contributed by atoms with Gasteiger partial charge in [0.2, 0.25) is 0 Å². The van der Waals surface area contributed by atoms with Crippen LogP contribution in [0.1, 0.15) is 43.9 Å². The highest BCUT2D eigenvalue weighted by Crippen LogP contribution is 2.40. The zero-order valence-electron chi connectivity index (χ0n) is 9.30. The SMILES string of the molecule is CNC1CCC(C)(C)c2ccccc21. The van der Waals surface area contributed by atoms with Gasteiger partial charge in [-0.1, -0.05) is 38.1 Å². The Morgan fingerprint density at radius 1 is 1.29 bits per heavy atom. The van der Waals surface area contributed by atoms with Gasteiger partial charge in [-0.3, -0.25) is 0 Å². The molecule has 0 heterocycles. The molecule has 1 nitrogen and oxygen atoms in total. The van der Waals surface area contributed by atoms with Crippen LogP contribution in [-0.2, 0) is 5.41 Å². The minimum Gasteiger partial charge on any atom is -0.313 e. The first-order valence-electron chi connectivity index (χ1n) is 5.42. The van der Waals surface area contributed by atoms with Gasteiger partial charge >= 0.3 is 0 Å². The molecule has 0 spiro atoms. The molecule has 1 unspecified atom stereocenters. The number of rotatable bonds is 1. The minimum atomic E-state index is 0.351. The molecule has 14 heavy (non-hydrogen) atoms. The van der Waals surface area contributed by atoms with Gasteiger partial charge in [0.05, 0.1) is 0 Å². The van der Waals surface area contributed by atoms with E-state index in [9.17, 15) is 0 Å². The highest BCUT2D eigenvalue weighted by atomic mass is 14.9. The summed E-state index contributed by atoms with van der Waals surface area (Å²) in [5.74, 6) is 0. The van der Waals surface area contributed by atoms with E-state index in [4.69, 9.17) is 0 Å². The molecule has 1 aliphatic rings. The Kier molecular flexibility index (Phi) is 2.36. The highest BCUT2D eigenvalue weighted by molar-refractivity contribution is 5.37. The van der Waals surface area contributed by atoms with Crippen LogP contribution in [0.5, 0.6) is 0 Å². The van der Waals surface area contributed by atoms with Gasteiger partial charge < -0.3 is 5.32 Å². The van der Waals surface area contributed by atoms with Crippen molar-refractivity contribution in [3.05, 3.63) is 35.4 Å². The van der Waals surface area contributed by atoms with Gasteiger partial charge in [-0.2, -0.15) is 0 Å². The zero-order chi connectivity index (χ0) is 10.2. The van der Waals surface area contributed by atoms with Crippen molar-refractivity contribution < 1.29 is 0 Å². The molecule has 2 rings (SSSR count). The average molecular weight is 189 g/mol. The zero-order valence-corrected chi connectivity index (χ0v) is 9.30. The Morgan fingerprint density at radius 3 is 2.71 bits per heavy atom. The fraction of sp³-hybridized carbons (Fsp3) is 0.538. The van der Waals surface area contributed by atoms with Crippen molar-refractivity contribution in [2.45, 2.75) is 38.1 Å². The lowest BCUT2D eigenvalue weighted by atomic mass is 9.71. The molecule has 1 aromatic rings. The molecule has 0 bridgehead atoms. The van der Waals surface area contributed by atoms with Crippen molar-refractivity contribution in [3.63, 3.8) is 0 Å². The van der Waals surface area contributed by atoms with E-state index in [1.165, 1.54) is 24.0 Å². The van der Waals surface area contributed by atoms with Gasteiger partial charge in [0.15, 0.2) is 0 Å². The van der Waals surface area contributed by atoms with Crippen molar-refractivity contribution in [1.29, 1.82) is 0 Å². The first-order chi connectivity index (χ1) is 6.65. The van der Waals surface area contributed by atoms with Crippen LogP contribution >= 0.6 is 0 Å². The normalized spacial score (nSPS) is 24.4. The quantitative estimate of drug-likeness (QED) is 0.716. The molecule has 76 valence electrons. The third-order valence-electron chi connectivity index (χ3n) is 3.47.